The van der Waals surface area contributed by atoms with E-state index in [2.05, 4.69) is 5.32 Å². The lowest BCUT2D eigenvalue weighted by Gasteiger charge is -2.08. The van der Waals surface area contributed by atoms with Crippen molar-refractivity contribution in [2.24, 2.45) is 0 Å². The minimum absolute atomic E-state index is 0.0344. The predicted molar refractivity (Wildman–Crippen MR) is 107 cm³/mol. The number of nitrogens with one attached hydrogen (secondary N) is 1. The Morgan fingerprint density at radius 2 is 2.00 bits per heavy atom. The number of para-hydroxylation sites is 1. The number of rotatable bonds is 5. The van der Waals surface area contributed by atoms with Gasteiger partial charge in [-0.25, -0.2) is 0 Å². The Labute approximate surface area is 162 Å². The van der Waals surface area contributed by atoms with Crippen molar-refractivity contribution in [3.63, 3.8) is 0 Å². The van der Waals surface area contributed by atoms with Crippen molar-refractivity contribution < 1.29 is 9.21 Å². The number of nitrogens with zero attached hydrogens (tertiary/aromatic N) is 1. The van der Waals surface area contributed by atoms with Gasteiger partial charge >= 0.3 is 0 Å². The summed E-state index contributed by atoms with van der Waals surface area (Å²) in [6.07, 6.45) is 2.21. The molecule has 27 heavy (non-hydrogen) atoms. The molecule has 0 aliphatic heterocycles. The Morgan fingerprint density at radius 1 is 1.19 bits per heavy atom. The van der Waals surface area contributed by atoms with Crippen LogP contribution < -0.4 is 5.32 Å². The Bertz CT molecular complexity index is 1040. The summed E-state index contributed by atoms with van der Waals surface area (Å²) in [5.74, 6) is 0.553. The Morgan fingerprint density at radius 3 is 2.74 bits per heavy atom. The smallest absolute Gasteiger partial charge is 0.266 e. The van der Waals surface area contributed by atoms with Gasteiger partial charge in [0, 0.05) is 22.3 Å². The summed E-state index contributed by atoms with van der Waals surface area (Å²) >= 11 is 6.00. The van der Waals surface area contributed by atoms with Crippen LogP contribution in [0.3, 0.4) is 0 Å². The summed E-state index contributed by atoms with van der Waals surface area (Å²) in [4.78, 5) is 12.5. The molecular formula is C22H17ClN2O2. The SMILES string of the molecule is CCc1ccccc1NC(=O)/C(C#N)=C/c1ccc(-c2cccc(Cl)c2)o1. The number of hydrogen-bond donors (Lipinski definition) is 1. The van der Waals surface area contributed by atoms with Gasteiger partial charge in [0.05, 0.1) is 0 Å². The van der Waals surface area contributed by atoms with E-state index >= 15 is 0 Å². The van der Waals surface area contributed by atoms with Crippen LogP contribution in [0.15, 0.2) is 70.7 Å². The molecule has 0 atom stereocenters. The third kappa shape index (κ3) is 4.46. The van der Waals surface area contributed by atoms with Crippen LogP contribution in [0.4, 0.5) is 5.69 Å². The number of halogens is 1. The van der Waals surface area contributed by atoms with Crippen LogP contribution in [-0.2, 0) is 11.2 Å². The number of benzene rings is 2. The number of furan rings is 1. The molecule has 2 aromatic carbocycles. The molecule has 0 fully saturated rings. The zero-order valence-corrected chi connectivity index (χ0v) is 15.5. The molecule has 0 aliphatic carbocycles. The van der Waals surface area contributed by atoms with E-state index in [9.17, 15) is 10.1 Å². The highest BCUT2D eigenvalue weighted by molar-refractivity contribution is 6.30. The summed E-state index contributed by atoms with van der Waals surface area (Å²) < 4.78 is 5.74. The second kappa shape index (κ2) is 8.39. The predicted octanol–water partition coefficient (Wildman–Crippen LogP) is 5.71. The minimum Gasteiger partial charge on any atom is -0.457 e. The average molecular weight is 377 g/mol. The molecule has 0 bridgehead atoms. The number of carbonyl (C=O) groups excluding carboxylic acids is 1. The molecule has 134 valence electrons. The monoisotopic (exact) mass is 376 g/mol. The first-order valence-corrected chi connectivity index (χ1v) is 8.85. The summed E-state index contributed by atoms with van der Waals surface area (Å²) in [5, 5.41) is 12.8. The van der Waals surface area contributed by atoms with Crippen LogP contribution in [0.1, 0.15) is 18.2 Å². The van der Waals surface area contributed by atoms with E-state index in [1.807, 2.05) is 49.4 Å². The number of aryl methyl sites for hydroxylation is 1. The highest BCUT2D eigenvalue weighted by Crippen LogP contribution is 2.26. The topological polar surface area (TPSA) is 66.0 Å². The van der Waals surface area contributed by atoms with Crippen molar-refractivity contribution >= 4 is 29.3 Å². The van der Waals surface area contributed by atoms with Crippen molar-refractivity contribution in [2.45, 2.75) is 13.3 Å². The molecule has 1 aromatic heterocycles. The first kappa shape index (κ1) is 18.5. The first-order valence-electron chi connectivity index (χ1n) is 8.47. The van der Waals surface area contributed by atoms with Gasteiger partial charge in [-0.3, -0.25) is 4.79 Å². The normalized spacial score (nSPS) is 11.1. The molecule has 5 heteroatoms. The minimum atomic E-state index is -0.473. The summed E-state index contributed by atoms with van der Waals surface area (Å²) in [7, 11) is 0. The number of hydrogen-bond acceptors (Lipinski definition) is 3. The first-order chi connectivity index (χ1) is 13.1. The van der Waals surface area contributed by atoms with Gasteiger partial charge in [-0.15, -0.1) is 0 Å². The lowest BCUT2D eigenvalue weighted by molar-refractivity contribution is -0.112. The van der Waals surface area contributed by atoms with Crippen molar-refractivity contribution in [2.75, 3.05) is 5.32 Å². The van der Waals surface area contributed by atoms with Crippen molar-refractivity contribution in [3.05, 3.63) is 82.6 Å². The fourth-order valence-corrected chi connectivity index (χ4v) is 2.85. The number of amides is 1. The lowest BCUT2D eigenvalue weighted by Crippen LogP contribution is -2.14. The van der Waals surface area contributed by atoms with Crippen LogP contribution in [-0.4, -0.2) is 5.91 Å². The molecule has 0 saturated carbocycles. The number of anilines is 1. The average Bonchev–Trinajstić information content (AvgIpc) is 3.15. The molecule has 0 spiro atoms. The molecular weight excluding hydrogens is 360 g/mol. The van der Waals surface area contributed by atoms with Crippen molar-refractivity contribution in [1.29, 1.82) is 5.26 Å². The van der Waals surface area contributed by atoms with Crippen LogP contribution in [0.25, 0.3) is 17.4 Å². The Balaban J connectivity index is 1.82. The third-order valence-corrected chi connectivity index (χ3v) is 4.27. The van der Waals surface area contributed by atoms with E-state index in [1.54, 1.807) is 24.3 Å². The van der Waals surface area contributed by atoms with E-state index < -0.39 is 5.91 Å². The zero-order chi connectivity index (χ0) is 19.2. The van der Waals surface area contributed by atoms with Crippen molar-refractivity contribution in [3.8, 4) is 17.4 Å². The van der Waals surface area contributed by atoms with Crippen LogP contribution >= 0.6 is 11.6 Å². The fraction of sp³-hybridized carbons (Fsp3) is 0.0909. The van der Waals surface area contributed by atoms with Gasteiger partial charge in [-0.05, 0) is 42.3 Å². The van der Waals surface area contributed by atoms with E-state index in [1.165, 1.54) is 6.08 Å². The van der Waals surface area contributed by atoms with Gasteiger partial charge in [-0.1, -0.05) is 48.9 Å². The molecule has 0 radical (unpaired) electrons. The standard InChI is InChI=1S/C22H17ClN2O2/c1-2-15-6-3-4-9-20(15)25-22(26)17(14-24)13-19-10-11-21(27-19)16-7-5-8-18(23)12-16/h3-13H,2H2,1H3,(H,25,26)/b17-13+. The molecule has 1 heterocycles. The van der Waals surface area contributed by atoms with E-state index in [-0.39, 0.29) is 5.57 Å². The molecule has 0 unspecified atom stereocenters. The second-order valence-corrected chi connectivity index (χ2v) is 6.28. The maximum atomic E-state index is 12.5. The van der Waals surface area contributed by atoms with Crippen LogP contribution in [0, 0.1) is 11.3 Å². The van der Waals surface area contributed by atoms with E-state index in [4.69, 9.17) is 16.0 Å². The maximum absolute atomic E-state index is 12.5. The fourth-order valence-electron chi connectivity index (χ4n) is 2.66. The number of carbonyl (C=O) groups is 1. The Hall–Kier alpha value is -3.29. The third-order valence-electron chi connectivity index (χ3n) is 4.03. The molecule has 0 saturated heterocycles. The molecule has 0 aliphatic rings. The summed E-state index contributed by atoms with van der Waals surface area (Å²) in [6, 6.07) is 20.2. The van der Waals surface area contributed by atoms with E-state index in [0.29, 0.717) is 22.2 Å². The molecule has 1 N–H and O–H groups in total. The van der Waals surface area contributed by atoms with Gasteiger partial charge in [0.1, 0.15) is 23.2 Å². The Kier molecular flexibility index (Phi) is 5.75. The zero-order valence-electron chi connectivity index (χ0n) is 14.7. The molecule has 3 rings (SSSR count). The van der Waals surface area contributed by atoms with Gasteiger partial charge in [0.25, 0.3) is 5.91 Å². The molecule has 3 aromatic rings. The summed E-state index contributed by atoms with van der Waals surface area (Å²) in [6.45, 7) is 2.01. The van der Waals surface area contributed by atoms with Crippen LogP contribution in [0.2, 0.25) is 5.02 Å². The lowest BCUT2D eigenvalue weighted by atomic mass is 10.1. The van der Waals surface area contributed by atoms with Gasteiger partial charge in [0.2, 0.25) is 0 Å². The van der Waals surface area contributed by atoms with Crippen molar-refractivity contribution in [1.82, 2.24) is 0 Å². The highest BCUT2D eigenvalue weighted by Gasteiger charge is 2.13. The van der Waals surface area contributed by atoms with E-state index in [0.717, 1.165) is 17.5 Å². The maximum Gasteiger partial charge on any atom is 0.266 e. The van der Waals surface area contributed by atoms with Gasteiger partial charge < -0.3 is 9.73 Å². The quantitative estimate of drug-likeness (QED) is 0.458. The summed E-state index contributed by atoms with van der Waals surface area (Å²) in [5.41, 5.74) is 2.49. The van der Waals surface area contributed by atoms with Gasteiger partial charge in [0.15, 0.2) is 0 Å². The second-order valence-electron chi connectivity index (χ2n) is 5.85. The van der Waals surface area contributed by atoms with Gasteiger partial charge in [-0.2, -0.15) is 5.26 Å². The largest absolute Gasteiger partial charge is 0.457 e. The number of nitriles is 1. The highest BCUT2D eigenvalue weighted by atomic mass is 35.5. The van der Waals surface area contributed by atoms with Crippen LogP contribution in [0.5, 0.6) is 0 Å². The molecule has 1 amide bonds. The molecule has 4 nitrogen and oxygen atoms in total.